The number of ether oxygens (including phenoxy) is 2. The lowest BCUT2D eigenvalue weighted by atomic mass is 9.78. The quantitative estimate of drug-likeness (QED) is 0.181. The minimum Gasteiger partial charge on any atom is -0.462 e. The molecule has 6 atom stereocenters. The van der Waals surface area contributed by atoms with Crippen molar-refractivity contribution in [2.45, 2.75) is 48.8 Å². The molecule has 2 radical (unpaired) electrons. The smallest absolute Gasteiger partial charge is 0.459 e. The predicted octanol–water partition coefficient (Wildman–Crippen LogP) is 0.396. The summed E-state index contributed by atoms with van der Waals surface area (Å²) >= 11 is 6.43. The minimum absolute atomic E-state index is 0.154. The van der Waals surface area contributed by atoms with E-state index in [4.69, 9.17) is 38.0 Å². The maximum Gasteiger partial charge on any atom is 0.459 e. The summed E-state index contributed by atoms with van der Waals surface area (Å²) in [6.07, 6.45) is -3.22. The van der Waals surface area contributed by atoms with Gasteiger partial charge in [0.25, 0.3) is 5.56 Å². The van der Waals surface area contributed by atoms with Crippen LogP contribution in [0.4, 0.5) is 0 Å². The summed E-state index contributed by atoms with van der Waals surface area (Å²) < 4.78 is 34.1. The molecule has 2 heterocycles. The number of hydrogen-bond acceptors (Lipinski definition) is 9. The molecule has 1 aromatic carbocycles. The molecule has 15 heteroatoms. The standard InChI is InChI=1S/C20H22BClN3O9P/c1-11(2)31-14(27)10-23-35(30,33-12-6-4-3-5-7-12)34-16-15-19(16,29)20(21,22)17(32-15)25-9-8-13(26)24-18(25)28/h3-9,11,15-17,29H,10H2,1-2H3,(H,23,30)(H,24,26,28)/t15-,16?,17-,19+,20-,35?/m1/s1. The maximum absolute atomic E-state index is 13.5. The molecule has 1 saturated carbocycles. The van der Waals surface area contributed by atoms with Crippen LogP contribution in [-0.4, -0.2) is 63.7 Å². The van der Waals surface area contributed by atoms with E-state index >= 15 is 0 Å². The molecule has 0 amide bonds. The SMILES string of the molecule is [B][C@@]1(Cl)[C@H](n2ccc(=O)[nH]c2=O)O[C@@H]2C(OP(=O)(NCC(=O)OC(C)C)Oc3ccccc3)[C@@]21O. The van der Waals surface area contributed by atoms with Crippen molar-refractivity contribution in [2.24, 2.45) is 0 Å². The number of carbonyl (C=O) groups excluding carboxylic acids is 1. The molecule has 1 aliphatic carbocycles. The van der Waals surface area contributed by atoms with Crippen LogP contribution in [0.5, 0.6) is 5.75 Å². The number of alkyl halides is 1. The Morgan fingerprint density at radius 3 is 2.60 bits per heavy atom. The Morgan fingerprint density at radius 1 is 1.34 bits per heavy atom. The molecule has 2 fully saturated rings. The van der Waals surface area contributed by atoms with Gasteiger partial charge in [-0.1, -0.05) is 18.2 Å². The molecule has 2 aliphatic rings. The van der Waals surface area contributed by atoms with Crippen molar-refractivity contribution in [3.63, 3.8) is 0 Å². The number of esters is 1. The molecular weight excluding hydrogens is 503 g/mol. The fourth-order valence-corrected chi connectivity index (χ4v) is 5.55. The Kier molecular flexibility index (Phi) is 6.77. The van der Waals surface area contributed by atoms with E-state index in [0.717, 1.165) is 16.8 Å². The van der Waals surface area contributed by atoms with Gasteiger partial charge in [-0.3, -0.25) is 23.7 Å². The second kappa shape index (κ2) is 9.23. The fraction of sp³-hybridized carbons (Fsp3) is 0.450. The minimum atomic E-state index is -4.31. The van der Waals surface area contributed by atoms with E-state index in [2.05, 4.69) is 5.09 Å². The summed E-state index contributed by atoms with van der Waals surface area (Å²) in [5, 5.41) is 13.6. The third kappa shape index (κ3) is 4.84. The largest absolute Gasteiger partial charge is 0.462 e. The Balaban J connectivity index is 1.54. The molecule has 1 aromatic heterocycles. The van der Waals surface area contributed by atoms with E-state index in [0.29, 0.717) is 0 Å². The van der Waals surface area contributed by atoms with Crippen LogP contribution in [0.2, 0.25) is 0 Å². The van der Waals surface area contributed by atoms with Crippen LogP contribution in [0.3, 0.4) is 0 Å². The van der Waals surface area contributed by atoms with Gasteiger partial charge in [0.15, 0.2) is 6.23 Å². The second-order valence-corrected chi connectivity index (χ2v) is 10.7. The number of aliphatic hydroxyl groups is 1. The molecule has 0 bridgehead atoms. The summed E-state index contributed by atoms with van der Waals surface area (Å²) in [7, 11) is 1.84. The van der Waals surface area contributed by atoms with Gasteiger partial charge >= 0.3 is 19.4 Å². The van der Waals surface area contributed by atoms with Crippen molar-refractivity contribution in [1.29, 1.82) is 0 Å². The van der Waals surface area contributed by atoms with Crippen LogP contribution < -0.4 is 20.9 Å². The highest BCUT2D eigenvalue weighted by atomic mass is 35.5. The number of aromatic nitrogens is 2. The van der Waals surface area contributed by atoms with Gasteiger partial charge in [0.05, 0.1) is 10.9 Å². The highest BCUT2D eigenvalue weighted by Crippen LogP contribution is 2.65. The molecule has 2 aromatic rings. The number of para-hydroxylation sites is 1. The number of carbonyl (C=O) groups is 1. The Bertz CT molecular complexity index is 1270. The zero-order valence-electron chi connectivity index (χ0n) is 18.6. The summed E-state index contributed by atoms with van der Waals surface area (Å²) in [5.41, 5.74) is -3.60. The average molecular weight is 526 g/mol. The van der Waals surface area contributed by atoms with Crippen LogP contribution in [0.15, 0.2) is 52.2 Å². The van der Waals surface area contributed by atoms with Crippen LogP contribution in [-0.2, 0) is 23.4 Å². The van der Waals surface area contributed by atoms with Gasteiger partial charge in [0.1, 0.15) is 37.9 Å². The Labute approximate surface area is 205 Å². The van der Waals surface area contributed by atoms with Crippen LogP contribution in [0, 0.1) is 0 Å². The van der Waals surface area contributed by atoms with Crippen molar-refractivity contribution >= 4 is 33.2 Å². The van der Waals surface area contributed by atoms with Crippen LogP contribution >= 0.6 is 19.3 Å². The van der Waals surface area contributed by atoms with Crippen LogP contribution in [0.25, 0.3) is 0 Å². The zero-order chi connectivity index (χ0) is 25.6. The number of H-pyrrole nitrogens is 1. The first kappa shape index (κ1) is 25.7. The second-order valence-electron chi connectivity index (χ2n) is 8.32. The maximum atomic E-state index is 13.5. The number of benzene rings is 1. The van der Waals surface area contributed by atoms with Crippen LogP contribution in [0.1, 0.15) is 20.1 Å². The fourth-order valence-electron chi connectivity index (χ4n) is 3.70. The molecule has 186 valence electrons. The highest BCUT2D eigenvalue weighted by molar-refractivity contribution is 7.52. The van der Waals surface area contributed by atoms with E-state index in [1.165, 1.54) is 12.1 Å². The van der Waals surface area contributed by atoms with E-state index in [9.17, 15) is 24.1 Å². The Hall–Kier alpha value is -2.41. The first-order valence-corrected chi connectivity index (χ1v) is 12.4. The summed E-state index contributed by atoms with van der Waals surface area (Å²) in [5.74, 6) is -0.559. The third-order valence-electron chi connectivity index (χ3n) is 5.39. The number of hydrogen-bond donors (Lipinski definition) is 3. The van der Waals surface area contributed by atoms with Crippen molar-refractivity contribution in [2.75, 3.05) is 6.54 Å². The molecule has 4 rings (SSSR count). The summed E-state index contributed by atoms with van der Waals surface area (Å²) in [6.45, 7) is 2.78. The number of nitrogens with zero attached hydrogens (tertiary/aromatic N) is 1. The van der Waals surface area contributed by atoms with Gasteiger partial charge < -0.3 is 19.1 Å². The first-order valence-electron chi connectivity index (χ1n) is 10.5. The topological polar surface area (TPSA) is 158 Å². The van der Waals surface area contributed by atoms with E-state index < -0.39 is 66.4 Å². The molecule has 3 N–H and O–H groups in total. The lowest BCUT2D eigenvalue weighted by Gasteiger charge is -2.33. The normalized spacial score (nSPS) is 30.9. The Morgan fingerprint density at radius 2 is 2.03 bits per heavy atom. The molecular formula is C20H22BClN3O9P. The van der Waals surface area contributed by atoms with Crippen molar-refractivity contribution in [1.82, 2.24) is 14.6 Å². The molecule has 35 heavy (non-hydrogen) atoms. The lowest BCUT2D eigenvalue weighted by molar-refractivity contribution is -0.146. The monoisotopic (exact) mass is 525 g/mol. The van der Waals surface area contributed by atoms with Gasteiger partial charge in [-0.15, -0.1) is 11.6 Å². The molecule has 1 aliphatic heterocycles. The zero-order valence-corrected chi connectivity index (χ0v) is 20.3. The lowest BCUT2D eigenvalue weighted by Crippen LogP contribution is -2.50. The number of rotatable bonds is 9. The summed E-state index contributed by atoms with van der Waals surface area (Å²) in [6, 6.07) is 9.05. The predicted molar refractivity (Wildman–Crippen MR) is 123 cm³/mol. The molecule has 0 spiro atoms. The average Bonchev–Trinajstić information content (AvgIpc) is 3.26. The molecule has 1 saturated heterocycles. The van der Waals surface area contributed by atoms with E-state index in [1.54, 1.807) is 32.0 Å². The summed E-state index contributed by atoms with van der Waals surface area (Å²) in [4.78, 5) is 37.5. The third-order valence-corrected chi connectivity index (χ3v) is 7.38. The van der Waals surface area contributed by atoms with Gasteiger partial charge in [-0.2, -0.15) is 0 Å². The number of halogens is 1. The molecule has 2 unspecified atom stereocenters. The van der Waals surface area contributed by atoms with E-state index in [-0.39, 0.29) is 5.75 Å². The van der Waals surface area contributed by atoms with E-state index in [1.807, 2.05) is 4.98 Å². The number of nitrogens with one attached hydrogen (secondary N) is 2. The van der Waals surface area contributed by atoms with Crippen molar-refractivity contribution in [3.05, 3.63) is 63.4 Å². The van der Waals surface area contributed by atoms with Crippen molar-refractivity contribution in [3.8, 4) is 5.75 Å². The van der Waals surface area contributed by atoms with Gasteiger partial charge in [0.2, 0.25) is 0 Å². The van der Waals surface area contributed by atoms with Gasteiger partial charge in [0, 0.05) is 12.3 Å². The number of aromatic amines is 1. The number of fused-ring (bicyclic) bond motifs is 1. The molecule has 12 nitrogen and oxygen atoms in total. The van der Waals surface area contributed by atoms with Crippen molar-refractivity contribution < 1.29 is 33.0 Å². The van der Waals surface area contributed by atoms with Gasteiger partial charge in [-0.25, -0.2) is 14.4 Å². The van der Waals surface area contributed by atoms with Gasteiger partial charge in [-0.05, 0) is 26.0 Å². The highest BCUT2D eigenvalue weighted by Gasteiger charge is 2.83. The first-order chi connectivity index (χ1) is 16.4.